The molecule has 1 heterocycles. The number of benzene rings is 2. The van der Waals surface area contributed by atoms with Gasteiger partial charge in [0.15, 0.2) is 0 Å². The molecule has 1 N–H and O–H groups in total. The maximum atomic E-state index is 10.3. The Morgan fingerprint density at radius 3 is 2.83 bits per heavy atom. The molecule has 0 atom stereocenters. The summed E-state index contributed by atoms with van der Waals surface area (Å²) < 4.78 is 2.11. The number of rotatable bonds is 6. The quantitative estimate of drug-likeness (QED) is 0.532. The molecule has 0 aliphatic rings. The molecule has 0 unspecified atom stereocenters. The zero-order valence-electron chi connectivity index (χ0n) is 13.8. The third-order valence-corrected chi connectivity index (χ3v) is 3.92. The van der Waals surface area contributed by atoms with Crippen molar-refractivity contribution in [3.05, 3.63) is 66.2 Å². The largest absolute Gasteiger partial charge is 0.507 e. The van der Waals surface area contributed by atoms with Crippen molar-refractivity contribution in [3.8, 4) is 5.75 Å². The Labute approximate surface area is 141 Å². The van der Waals surface area contributed by atoms with E-state index in [0.29, 0.717) is 17.9 Å². The zero-order chi connectivity index (χ0) is 16.9. The molecule has 3 rings (SSSR count). The van der Waals surface area contributed by atoms with Crippen LogP contribution in [0.15, 0.2) is 60.1 Å². The highest BCUT2D eigenvalue weighted by molar-refractivity contribution is 5.86. The number of phenols is 1. The topological polar surface area (TPSA) is 50.4 Å². The van der Waals surface area contributed by atoms with Gasteiger partial charge in [0.25, 0.3) is 0 Å². The fourth-order valence-corrected chi connectivity index (χ4v) is 2.77. The van der Waals surface area contributed by atoms with Gasteiger partial charge < -0.3 is 9.67 Å². The van der Waals surface area contributed by atoms with Gasteiger partial charge >= 0.3 is 0 Å². The molecule has 0 amide bonds. The molecular weight excluding hydrogens is 298 g/mol. The molecule has 122 valence electrons. The van der Waals surface area contributed by atoms with Gasteiger partial charge in [0.1, 0.15) is 5.75 Å². The minimum Gasteiger partial charge on any atom is -0.507 e. The fourth-order valence-electron chi connectivity index (χ4n) is 2.77. The number of aromatic hydroxyl groups is 1. The molecule has 3 aromatic rings. The highest BCUT2D eigenvalue weighted by Crippen LogP contribution is 2.25. The van der Waals surface area contributed by atoms with Gasteiger partial charge in [-0.1, -0.05) is 37.3 Å². The summed E-state index contributed by atoms with van der Waals surface area (Å²) in [6.45, 7) is 6.71. The molecule has 0 saturated heterocycles. The molecule has 0 fully saturated rings. The minimum atomic E-state index is 0.249. The molecule has 4 nitrogen and oxygen atoms in total. The molecule has 0 aliphatic carbocycles. The average Bonchev–Trinajstić information content (AvgIpc) is 2.94. The third-order valence-electron chi connectivity index (χ3n) is 3.92. The number of phenolic OH excluding ortho intramolecular Hbond substituents is 1. The Morgan fingerprint density at radius 2 is 2.04 bits per heavy atom. The Hall–Kier alpha value is -2.88. The first kappa shape index (κ1) is 16.0. The number of aromatic nitrogens is 2. The standard InChI is InChI=1S/C20H21N3O/c1-3-8-15-9-7-10-16(19(15)24)14-21-20-22-17-11-5-6-12-18(17)23(20)13-4-2/h3,5-7,9-12,14,24H,1,4,8,13H2,2H3/b21-14+. The van der Waals surface area contributed by atoms with Gasteiger partial charge in [0, 0.05) is 18.3 Å². The maximum Gasteiger partial charge on any atom is 0.230 e. The molecule has 0 aliphatic heterocycles. The molecule has 0 saturated carbocycles. The van der Waals surface area contributed by atoms with E-state index in [1.54, 1.807) is 12.3 Å². The van der Waals surface area contributed by atoms with Crippen LogP contribution in [0.25, 0.3) is 11.0 Å². The lowest BCUT2D eigenvalue weighted by Gasteiger charge is -2.05. The van der Waals surface area contributed by atoms with E-state index in [4.69, 9.17) is 0 Å². The summed E-state index contributed by atoms with van der Waals surface area (Å²) in [5.41, 5.74) is 3.54. The number of imidazole rings is 1. The lowest BCUT2D eigenvalue weighted by atomic mass is 10.1. The lowest BCUT2D eigenvalue weighted by Crippen LogP contribution is -1.96. The highest BCUT2D eigenvalue weighted by atomic mass is 16.3. The number of aliphatic imine (C=N–C) groups is 1. The van der Waals surface area contributed by atoms with Gasteiger partial charge in [-0.05, 0) is 36.6 Å². The first-order valence-corrected chi connectivity index (χ1v) is 8.15. The summed E-state index contributed by atoms with van der Waals surface area (Å²) in [5, 5.41) is 10.3. The average molecular weight is 319 g/mol. The molecule has 2 aromatic carbocycles. The van der Waals surface area contributed by atoms with Crippen molar-refractivity contribution in [2.45, 2.75) is 26.3 Å². The van der Waals surface area contributed by atoms with Crippen molar-refractivity contribution in [2.75, 3.05) is 0 Å². The van der Waals surface area contributed by atoms with E-state index in [1.807, 2.05) is 36.4 Å². The highest BCUT2D eigenvalue weighted by Gasteiger charge is 2.09. The van der Waals surface area contributed by atoms with E-state index in [9.17, 15) is 5.11 Å². The number of fused-ring (bicyclic) bond motifs is 1. The monoisotopic (exact) mass is 319 g/mol. The predicted molar refractivity (Wildman–Crippen MR) is 99.3 cm³/mol. The molecule has 24 heavy (non-hydrogen) atoms. The van der Waals surface area contributed by atoms with Crippen LogP contribution in [-0.4, -0.2) is 20.9 Å². The van der Waals surface area contributed by atoms with Crippen LogP contribution in [-0.2, 0) is 13.0 Å². The normalized spacial score (nSPS) is 11.4. The second-order valence-electron chi connectivity index (χ2n) is 5.66. The van der Waals surface area contributed by atoms with Crippen LogP contribution in [0.2, 0.25) is 0 Å². The molecule has 1 aromatic heterocycles. The van der Waals surface area contributed by atoms with Crippen molar-refractivity contribution in [1.29, 1.82) is 0 Å². The molecular formula is C20H21N3O. The number of hydrogen-bond acceptors (Lipinski definition) is 3. The van der Waals surface area contributed by atoms with Crippen LogP contribution in [0, 0.1) is 0 Å². The van der Waals surface area contributed by atoms with Crippen LogP contribution in [0.1, 0.15) is 24.5 Å². The maximum absolute atomic E-state index is 10.3. The zero-order valence-corrected chi connectivity index (χ0v) is 13.8. The van der Waals surface area contributed by atoms with Gasteiger partial charge in [-0.3, -0.25) is 0 Å². The summed E-state index contributed by atoms with van der Waals surface area (Å²) >= 11 is 0. The Balaban J connectivity index is 2.00. The first-order chi connectivity index (χ1) is 11.7. The third kappa shape index (κ3) is 3.08. The van der Waals surface area contributed by atoms with Crippen LogP contribution in [0.5, 0.6) is 5.75 Å². The van der Waals surface area contributed by atoms with Gasteiger partial charge in [-0.15, -0.1) is 6.58 Å². The Kier molecular flexibility index (Phi) is 4.75. The number of aryl methyl sites for hydroxylation is 1. The van der Waals surface area contributed by atoms with Gasteiger partial charge in [-0.2, -0.15) is 0 Å². The summed E-state index contributed by atoms with van der Waals surface area (Å²) in [6.07, 6.45) is 5.08. The smallest absolute Gasteiger partial charge is 0.230 e. The predicted octanol–water partition coefficient (Wildman–Crippen LogP) is 4.63. The van der Waals surface area contributed by atoms with E-state index >= 15 is 0 Å². The Morgan fingerprint density at radius 1 is 1.21 bits per heavy atom. The molecule has 0 bridgehead atoms. The Bertz CT molecular complexity index is 893. The second-order valence-corrected chi connectivity index (χ2v) is 5.66. The van der Waals surface area contributed by atoms with Crippen molar-refractivity contribution in [3.63, 3.8) is 0 Å². The van der Waals surface area contributed by atoms with E-state index < -0.39 is 0 Å². The van der Waals surface area contributed by atoms with Gasteiger partial charge in [-0.25, -0.2) is 9.98 Å². The summed E-state index contributed by atoms with van der Waals surface area (Å²) in [4.78, 5) is 9.14. The second kappa shape index (κ2) is 7.13. The van der Waals surface area contributed by atoms with Crippen LogP contribution in [0.3, 0.4) is 0 Å². The van der Waals surface area contributed by atoms with E-state index in [1.165, 1.54) is 0 Å². The SMILES string of the molecule is C=CCc1cccc(/C=N/c2nc3ccccc3n2CCC)c1O. The molecule has 0 radical (unpaired) electrons. The van der Waals surface area contributed by atoms with Gasteiger partial charge in [0.2, 0.25) is 5.95 Å². The van der Waals surface area contributed by atoms with Crippen molar-refractivity contribution >= 4 is 23.2 Å². The van der Waals surface area contributed by atoms with Crippen LogP contribution >= 0.6 is 0 Å². The van der Waals surface area contributed by atoms with E-state index in [2.05, 4.69) is 34.1 Å². The minimum absolute atomic E-state index is 0.249. The fraction of sp³-hybridized carbons (Fsp3) is 0.200. The summed E-state index contributed by atoms with van der Waals surface area (Å²) in [5.74, 6) is 0.908. The van der Waals surface area contributed by atoms with E-state index in [0.717, 1.165) is 29.6 Å². The van der Waals surface area contributed by atoms with Crippen molar-refractivity contribution in [1.82, 2.24) is 9.55 Å². The lowest BCUT2D eigenvalue weighted by molar-refractivity contribution is 0.469. The van der Waals surface area contributed by atoms with Gasteiger partial charge in [0.05, 0.1) is 11.0 Å². The van der Waals surface area contributed by atoms with Crippen molar-refractivity contribution in [2.24, 2.45) is 4.99 Å². The number of hydrogen-bond donors (Lipinski definition) is 1. The number of para-hydroxylation sites is 3. The number of nitrogens with zero attached hydrogens (tertiary/aromatic N) is 3. The van der Waals surface area contributed by atoms with Crippen molar-refractivity contribution < 1.29 is 5.11 Å². The van der Waals surface area contributed by atoms with Crippen LogP contribution in [0.4, 0.5) is 5.95 Å². The molecule has 0 spiro atoms. The summed E-state index contributed by atoms with van der Waals surface area (Å²) in [6, 6.07) is 13.7. The first-order valence-electron chi connectivity index (χ1n) is 8.15. The summed E-state index contributed by atoms with van der Waals surface area (Å²) in [7, 11) is 0. The van der Waals surface area contributed by atoms with Crippen LogP contribution < -0.4 is 0 Å². The molecule has 4 heteroatoms. The number of allylic oxidation sites excluding steroid dienone is 1. The van der Waals surface area contributed by atoms with E-state index in [-0.39, 0.29) is 5.75 Å².